The smallest absolute Gasteiger partial charge is 0.262 e. The molecular formula is C17H16N2O4S. The largest absolute Gasteiger partial charge is 0.495 e. The third-order valence-electron chi connectivity index (χ3n) is 3.75. The van der Waals surface area contributed by atoms with Gasteiger partial charge in [0.2, 0.25) is 0 Å². The molecule has 0 saturated carbocycles. The number of aldehydes is 1. The molecule has 3 aromatic rings. The number of hydrogen-bond donors (Lipinski definition) is 2. The number of hydrogen-bond acceptors (Lipinski definition) is 4. The van der Waals surface area contributed by atoms with Crippen LogP contribution in [0.5, 0.6) is 5.75 Å². The maximum absolute atomic E-state index is 12.7. The number of ether oxygens (including phenoxy) is 1. The van der Waals surface area contributed by atoms with E-state index >= 15 is 0 Å². The van der Waals surface area contributed by atoms with Gasteiger partial charge in [0.05, 0.1) is 12.0 Å². The highest BCUT2D eigenvalue weighted by atomic mass is 32.2. The minimum atomic E-state index is -3.82. The number of fused-ring (bicyclic) bond motifs is 1. The van der Waals surface area contributed by atoms with E-state index in [1.165, 1.54) is 25.4 Å². The summed E-state index contributed by atoms with van der Waals surface area (Å²) in [5.41, 5.74) is 2.19. The molecule has 3 rings (SSSR count). The fourth-order valence-corrected chi connectivity index (χ4v) is 3.59. The van der Waals surface area contributed by atoms with Crippen LogP contribution < -0.4 is 9.46 Å². The normalized spacial score (nSPS) is 11.4. The molecule has 2 aromatic carbocycles. The first kappa shape index (κ1) is 16.1. The second-order valence-electron chi connectivity index (χ2n) is 5.35. The van der Waals surface area contributed by atoms with Gasteiger partial charge in [-0.2, -0.15) is 0 Å². The van der Waals surface area contributed by atoms with Crippen molar-refractivity contribution in [3.8, 4) is 5.75 Å². The average Bonchev–Trinajstić information content (AvgIpc) is 2.99. The molecule has 0 unspecified atom stereocenters. The number of carbonyl (C=O) groups is 1. The fourth-order valence-electron chi connectivity index (χ4n) is 2.51. The van der Waals surface area contributed by atoms with Crippen LogP contribution in [0.1, 0.15) is 15.9 Å². The summed E-state index contributed by atoms with van der Waals surface area (Å²) in [6.45, 7) is 1.88. The van der Waals surface area contributed by atoms with Crippen LogP contribution in [-0.4, -0.2) is 26.8 Å². The zero-order valence-corrected chi connectivity index (χ0v) is 14.0. The van der Waals surface area contributed by atoms with Crippen molar-refractivity contribution in [3.63, 3.8) is 0 Å². The summed E-state index contributed by atoms with van der Waals surface area (Å²) in [6.07, 6.45) is 2.20. The number of aromatic nitrogens is 1. The lowest BCUT2D eigenvalue weighted by molar-refractivity contribution is 0.112. The van der Waals surface area contributed by atoms with E-state index in [0.717, 1.165) is 5.56 Å². The maximum atomic E-state index is 12.7. The van der Waals surface area contributed by atoms with Gasteiger partial charge in [-0.15, -0.1) is 0 Å². The van der Waals surface area contributed by atoms with E-state index in [1.54, 1.807) is 24.3 Å². The zero-order chi connectivity index (χ0) is 17.3. The number of H-pyrrole nitrogens is 1. The summed E-state index contributed by atoms with van der Waals surface area (Å²) in [7, 11) is -2.37. The molecule has 0 amide bonds. The Morgan fingerprint density at radius 1 is 1.12 bits per heavy atom. The lowest BCUT2D eigenvalue weighted by atomic mass is 10.1. The third kappa shape index (κ3) is 2.74. The molecule has 0 radical (unpaired) electrons. The van der Waals surface area contributed by atoms with Crippen molar-refractivity contribution < 1.29 is 17.9 Å². The molecule has 0 aliphatic carbocycles. The number of aryl methyl sites for hydroxylation is 1. The zero-order valence-electron chi connectivity index (χ0n) is 13.2. The number of rotatable bonds is 5. The molecule has 0 bridgehead atoms. The Balaban J connectivity index is 2.16. The number of aromatic amines is 1. The molecule has 1 heterocycles. The number of benzene rings is 2. The summed E-state index contributed by atoms with van der Waals surface area (Å²) in [5.74, 6) is 0.334. The first-order valence-corrected chi connectivity index (χ1v) is 8.67. The summed E-state index contributed by atoms with van der Waals surface area (Å²) in [6, 6.07) is 9.87. The fraction of sp³-hybridized carbons (Fsp3) is 0.118. The Labute approximate surface area is 139 Å². The number of sulfonamides is 1. The molecule has 7 heteroatoms. The van der Waals surface area contributed by atoms with Crippen LogP contribution in [0.25, 0.3) is 10.9 Å². The van der Waals surface area contributed by atoms with Crippen molar-refractivity contribution in [2.45, 2.75) is 11.8 Å². The Kier molecular flexibility index (Phi) is 4.02. The molecule has 124 valence electrons. The van der Waals surface area contributed by atoms with E-state index in [4.69, 9.17) is 4.74 Å². The highest BCUT2D eigenvalue weighted by Crippen LogP contribution is 2.36. The van der Waals surface area contributed by atoms with E-state index in [2.05, 4.69) is 9.71 Å². The van der Waals surface area contributed by atoms with Gasteiger partial charge in [-0.05, 0) is 31.2 Å². The van der Waals surface area contributed by atoms with Crippen LogP contribution in [0.3, 0.4) is 0 Å². The monoisotopic (exact) mass is 344 g/mol. The van der Waals surface area contributed by atoms with Crippen LogP contribution in [-0.2, 0) is 10.0 Å². The average molecular weight is 344 g/mol. The van der Waals surface area contributed by atoms with Gasteiger partial charge in [0.1, 0.15) is 11.4 Å². The molecule has 0 aliphatic rings. The van der Waals surface area contributed by atoms with Gasteiger partial charge in [0.15, 0.2) is 6.29 Å². The van der Waals surface area contributed by atoms with Crippen molar-refractivity contribution in [1.82, 2.24) is 4.98 Å². The standard InChI is InChI=1S/C17H16N2O4S/c1-11-3-5-13(6-4-11)24(21,22)19-17-15(23-2)8-7-14-16(17)12(10-20)9-18-14/h3-10,18-19H,1-2H3. The third-order valence-corrected chi connectivity index (χ3v) is 5.12. The predicted octanol–water partition coefficient (Wildman–Crippen LogP) is 3.10. The summed E-state index contributed by atoms with van der Waals surface area (Å²) in [5, 5.41) is 0.472. The number of anilines is 1. The minimum absolute atomic E-state index is 0.135. The molecule has 6 nitrogen and oxygen atoms in total. The van der Waals surface area contributed by atoms with Crippen molar-refractivity contribution in [2.75, 3.05) is 11.8 Å². The van der Waals surface area contributed by atoms with Crippen LogP contribution >= 0.6 is 0 Å². The molecule has 0 saturated heterocycles. The molecule has 0 spiro atoms. The quantitative estimate of drug-likeness (QED) is 0.696. The Bertz CT molecular complexity index is 1000. The Morgan fingerprint density at radius 3 is 2.46 bits per heavy atom. The number of methoxy groups -OCH3 is 1. The van der Waals surface area contributed by atoms with E-state index in [0.29, 0.717) is 28.5 Å². The molecule has 0 aliphatic heterocycles. The SMILES string of the molecule is COc1ccc2[nH]cc(C=O)c2c1NS(=O)(=O)c1ccc(C)cc1. The first-order chi connectivity index (χ1) is 11.5. The Hall–Kier alpha value is -2.80. The van der Waals surface area contributed by atoms with Crippen molar-refractivity contribution in [2.24, 2.45) is 0 Å². The lowest BCUT2D eigenvalue weighted by Gasteiger charge is -2.13. The first-order valence-electron chi connectivity index (χ1n) is 7.19. The summed E-state index contributed by atoms with van der Waals surface area (Å²) >= 11 is 0. The van der Waals surface area contributed by atoms with E-state index in [-0.39, 0.29) is 10.6 Å². The van der Waals surface area contributed by atoms with Gasteiger partial charge in [-0.1, -0.05) is 17.7 Å². The second-order valence-corrected chi connectivity index (χ2v) is 7.03. The van der Waals surface area contributed by atoms with Crippen LogP contribution in [0.15, 0.2) is 47.5 Å². The highest BCUT2D eigenvalue weighted by Gasteiger charge is 2.20. The molecular weight excluding hydrogens is 328 g/mol. The molecule has 0 fully saturated rings. The molecule has 1 aromatic heterocycles. The minimum Gasteiger partial charge on any atom is -0.495 e. The molecule has 24 heavy (non-hydrogen) atoms. The number of carbonyl (C=O) groups excluding carboxylic acids is 1. The van der Waals surface area contributed by atoms with Gasteiger partial charge in [-0.3, -0.25) is 9.52 Å². The van der Waals surface area contributed by atoms with Crippen LogP contribution in [0, 0.1) is 6.92 Å². The van der Waals surface area contributed by atoms with Gasteiger partial charge < -0.3 is 9.72 Å². The van der Waals surface area contributed by atoms with Gasteiger partial charge in [-0.25, -0.2) is 8.42 Å². The van der Waals surface area contributed by atoms with Crippen molar-refractivity contribution in [3.05, 3.63) is 53.7 Å². The molecule has 0 atom stereocenters. The van der Waals surface area contributed by atoms with Gasteiger partial charge >= 0.3 is 0 Å². The summed E-state index contributed by atoms with van der Waals surface area (Å²) < 4.78 is 33.2. The highest BCUT2D eigenvalue weighted by molar-refractivity contribution is 7.92. The van der Waals surface area contributed by atoms with Gasteiger partial charge in [0, 0.05) is 22.7 Å². The number of nitrogens with one attached hydrogen (secondary N) is 2. The lowest BCUT2D eigenvalue weighted by Crippen LogP contribution is -2.14. The van der Waals surface area contributed by atoms with Crippen LogP contribution in [0.4, 0.5) is 5.69 Å². The predicted molar refractivity (Wildman–Crippen MR) is 92.2 cm³/mol. The molecule has 2 N–H and O–H groups in total. The van der Waals surface area contributed by atoms with E-state index in [1.807, 2.05) is 6.92 Å². The van der Waals surface area contributed by atoms with Gasteiger partial charge in [0.25, 0.3) is 10.0 Å². The van der Waals surface area contributed by atoms with Crippen molar-refractivity contribution in [1.29, 1.82) is 0 Å². The summed E-state index contributed by atoms with van der Waals surface area (Å²) in [4.78, 5) is 14.3. The van der Waals surface area contributed by atoms with Crippen molar-refractivity contribution >= 4 is 32.9 Å². The Morgan fingerprint density at radius 2 is 1.83 bits per heavy atom. The topological polar surface area (TPSA) is 88.3 Å². The second kappa shape index (κ2) is 6.01. The van der Waals surface area contributed by atoms with E-state index in [9.17, 15) is 13.2 Å². The maximum Gasteiger partial charge on any atom is 0.262 e. The van der Waals surface area contributed by atoms with Crippen LogP contribution in [0.2, 0.25) is 0 Å². The van der Waals surface area contributed by atoms with E-state index < -0.39 is 10.0 Å².